The number of hydrogen-bond donors (Lipinski definition) is 0. The van der Waals surface area contributed by atoms with Gasteiger partial charge in [-0.15, -0.1) is 0 Å². The highest BCUT2D eigenvalue weighted by Gasteiger charge is 2.21. The van der Waals surface area contributed by atoms with E-state index in [2.05, 4.69) is 135 Å². The summed E-state index contributed by atoms with van der Waals surface area (Å²) in [6.45, 7) is 4.05. The molecule has 70 heavy (non-hydrogen) atoms. The van der Waals surface area contributed by atoms with Crippen LogP contribution < -0.4 is 4.89 Å². The summed E-state index contributed by atoms with van der Waals surface area (Å²) in [5.41, 5.74) is 0. The van der Waals surface area contributed by atoms with Crippen molar-refractivity contribution < 1.29 is 42.1 Å². The summed E-state index contributed by atoms with van der Waals surface area (Å²) in [5, 5.41) is 0. The highest BCUT2D eigenvalue weighted by Crippen LogP contribution is 2.38. The Balaban J connectivity index is 4.30. The minimum Gasteiger partial charge on any atom is -0.756 e. The third-order valence-corrected chi connectivity index (χ3v) is 12.0. The first kappa shape index (κ1) is 66.4. The summed E-state index contributed by atoms with van der Waals surface area (Å²) < 4.78 is 34.0. The van der Waals surface area contributed by atoms with Crippen molar-refractivity contribution in [2.75, 3.05) is 47.5 Å². The molecule has 2 atom stereocenters. The Morgan fingerprint density at radius 3 is 1.21 bits per heavy atom. The Labute approximate surface area is 428 Å². The normalized spacial score (nSPS) is 14.3. The van der Waals surface area contributed by atoms with Crippen LogP contribution in [0.5, 0.6) is 0 Å². The van der Waals surface area contributed by atoms with Crippen molar-refractivity contribution in [3.05, 3.63) is 122 Å². The fourth-order valence-corrected chi connectivity index (χ4v) is 7.53. The zero-order valence-corrected chi connectivity index (χ0v) is 45.8. The number of hydrogen-bond acceptors (Lipinski definition) is 8. The van der Waals surface area contributed by atoms with Crippen LogP contribution in [0.4, 0.5) is 0 Å². The zero-order chi connectivity index (χ0) is 51.3. The number of ether oxygens (including phenoxy) is 2. The molecule has 0 saturated heterocycles. The molecule has 0 N–H and O–H groups in total. The molecule has 10 heteroatoms. The van der Waals surface area contributed by atoms with Gasteiger partial charge in [0.1, 0.15) is 19.8 Å². The predicted molar refractivity (Wildman–Crippen MR) is 295 cm³/mol. The number of esters is 2. The van der Waals surface area contributed by atoms with Gasteiger partial charge in [-0.1, -0.05) is 212 Å². The van der Waals surface area contributed by atoms with E-state index >= 15 is 0 Å². The first-order valence-corrected chi connectivity index (χ1v) is 28.7. The van der Waals surface area contributed by atoms with Crippen LogP contribution in [-0.2, 0) is 32.7 Å². The van der Waals surface area contributed by atoms with E-state index in [0.29, 0.717) is 17.4 Å². The number of quaternary nitrogens is 1. The van der Waals surface area contributed by atoms with Crippen molar-refractivity contribution in [3.8, 4) is 0 Å². The lowest BCUT2D eigenvalue weighted by atomic mass is 10.0. The van der Waals surface area contributed by atoms with E-state index < -0.39 is 32.5 Å². The Hall–Kier alpha value is -3.59. The molecule has 0 aromatic heterocycles. The van der Waals surface area contributed by atoms with Crippen LogP contribution in [0.15, 0.2) is 122 Å². The molecule has 0 saturated carbocycles. The second-order valence-corrected chi connectivity index (χ2v) is 20.3. The molecule has 0 aromatic carbocycles. The second-order valence-electron chi connectivity index (χ2n) is 18.9. The average Bonchev–Trinajstić information content (AvgIpc) is 3.32. The van der Waals surface area contributed by atoms with Gasteiger partial charge in [0.15, 0.2) is 6.10 Å². The molecule has 0 rings (SSSR count). The molecule has 0 amide bonds. The summed E-state index contributed by atoms with van der Waals surface area (Å²) in [4.78, 5) is 37.7. The second kappa shape index (κ2) is 50.4. The molecule has 0 bridgehead atoms. The van der Waals surface area contributed by atoms with Crippen molar-refractivity contribution >= 4 is 19.8 Å². The minimum absolute atomic E-state index is 0.0450. The van der Waals surface area contributed by atoms with Crippen molar-refractivity contribution in [1.29, 1.82) is 0 Å². The number of likely N-dealkylation sites (N-methyl/N-ethyl adjacent to an activating group) is 1. The van der Waals surface area contributed by atoms with Crippen LogP contribution >= 0.6 is 7.82 Å². The molecule has 0 aliphatic heterocycles. The van der Waals surface area contributed by atoms with Gasteiger partial charge in [-0.3, -0.25) is 14.2 Å². The molecular weight excluding hydrogens is 894 g/mol. The third-order valence-electron chi connectivity index (χ3n) is 11.0. The molecule has 9 nitrogen and oxygen atoms in total. The number of phosphoric acid groups is 1. The number of carbonyl (C=O) groups is 2. The van der Waals surface area contributed by atoms with Gasteiger partial charge in [-0.25, -0.2) is 0 Å². The summed E-state index contributed by atoms with van der Waals surface area (Å²) in [6.07, 6.45) is 71.0. The zero-order valence-electron chi connectivity index (χ0n) is 44.9. The van der Waals surface area contributed by atoms with Crippen molar-refractivity contribution in [2.24, 2.45) is 0 Å². The first-order chi connectivity index (χ1) is 34.0. The van der Waals surface area contributed by atoms with E-state index in [9.17, 15) is 19.0 Å². The largest absolute Gasteiger partial charge is 0.756 e. The molecule has 0 fully saturated rings. The molecule has 0 aliphatic rings. The standard InChI is InChI=1S/C60H100NO8P/c1-6-8-10-12-14-16-18-20-21-22-23-24-25-26-27-28-29-30-31-32-33-34-35-36-37-38-39-41-43-45-47-49-51-53-60(63)69-58(57-68-70(64,65)67-55-54-61(3,4)5)56-66-59(62)52-50-48-46-44-42-40-19-17-15-13-11-9-7-2/h8,10,14,16,20-21,23-24,26-27,29-30,32-33,35-36,38-39,43,45,58H,6-7,9,11-13,15,17-19,22,25,28,31,34,37,40-42,44,46-57H2,1-5H3/b10-8-,16-14-,21-20-,24-23-,27-26-,30-29-,33-32-,36-35-,39-38-,45-43-. The van der Waals surface area contributed by atoms with E-state index in [1.807, 2.05) is 21.1 Å². The smallest absolute Gasteiger partial charge is 0.306 e. The van der Waals surface area contributed by atoms with Gasteiger partial charge in [-0.2, -0.15) is 0 Å². The fraction of sp³-hybridized carbons (Fsp3) is 0.633. The topological polar surface area (TPSA) is 111 Å². The van der Waals surface area contributed by atoms with Crippen LogP contribution in [0.1, 0.15) is 194 Å². The highest BCUT2D eigenvalue weighted by atomic mass is 31.2. The first-order valence-electron chi connectivity index (χ1n) is 27.2. The molecule has 0 spiro atoms. The third kappa shape index (κ3) is 53.8. The van der Waals surface area contributed by atoms with Crippen molar-refractivity contribution in [3.63, 3.8) is 0 Å². The lowest BCUT2D eigenvalue weighted by Gasteiger charge is -2.28. The number of rotatable bonds is 48. The fourth-order valence-electron chi connectivity index (χ4n) is 6.80. The van der Waals surface area contributed by atoms with Crippen molar-refractivity contribution in [2.45, 2.75) is 200 Å². The molecular formula is C60H100NO8P. The van der Waals surface area contributed by atoms with E-state index in [0.717, 1.165) is 96.3 Å². The van der Waals surface area contributed by atoms with Gasteiger partial charge in [0.05, 0.1) is 27.7 Å². The highest BCUT2D eigenvalue weighted by molar-refractivity contribution is 7.45. The van der Waals surface area contributed by atoms with Gasteiger partial charge >= 0.3 is 11.9 Å². The average molecular weight is 994 g/mol. The van der Waals surface area contributed by atoms with Crippen LogP contribution in [0.2, 0.25) is 0 Å². The van der Waals surface area contributed by atoms with Gasteiger partial charge in [0.2, 0.25) is 0 Å². The molecule has 2 unspecified atom stereocenters. The van der Waals surface area contributed by atoms with Gasteiger partial charge in [0.25, 0.3) is 7.82 Å². The maximum absolute atomic E-state index is 12.7. The van der Waals surface area contributed by atoms with E-state index in [4.69, 9.17) is 18.5 Å². The Morgan fingerprint density at radius 1 is 0.457 bits per heavy atom. The van der Waals surface area contributed by atoms with E-state index in [1.165, 1.54) is 64.2 Å². The Morgan fingerprint density at radius 2 is 0.814 bits per heavy atom. The number of nitrogens with zero attached hydrogens (tertiary/aromatic N) is 1. The van der Waals surface area contributed by atoms with Crippen molar-refractivity contribution in [1.82, 2.24) is 0 Å². The van der Waals surface area contributed by atoms with Gasteiger partial charge in [0, 0.05) is 12.8 Å². The van der Waals surface area contributed by atoms with Crippen LogP contribution in [-0.4, -0.2) is 70.0 Å². The SMILES string of the molecule is CC/C=C\C/C=C\C/C=C\C/C=C\C/C=C\C/C=C\C/C=C\C/C=C\C/C=C\C/C=C\CCCCC(=O)OC(COC(=O)CCCCCCCCCCCCCCC)COP(=O)([O-])OCC[N+](C)(C)C. The Bertz CT molecular complexity index is 1590. The molecule has 0 heterocycles. The molecule has 398 valence electrons. The lowest BCUT2D eigenvalue weighted by Crippen LogP contribution is -2.37. The van der Waals surface area contributed by atoms with Crippen LogP contribution in [0.25, 0.3) is 0 Å². The number of unbranched alkanes of at least 4 members (excludes halogenated alkanes) is 14. The lowest BCUT2D eigenvalue weighted by molar-refractivity contribution is -0.870. The van der Waals surface area contributed by atoms with E-state index in [1.54, 1.807) is 0 Å². The number of phosphoric ester groups is 1. The minimum atomic E-state index is -4.65. The van der Waals surface area contributed by atoms with Gasteiger partial charge < -0.3 is 27.9 Å². The summed E-state index contributed by atoms with van der Waals surface area (Å²) in [7, 11) is 1.12. The maximum atomic E-state index is 12.7. The monoisotopic (exact) mass is 994 g/mol. The maximum Gasteiger partial charge on any atom is 0.306 e. The van der Waals surface area contributed by atoms with Crippen LogP contribution in [0.3, 0.4) is 0 Å². The number of allylic oxidation sites excluding steroid dienone is 20. The summed E-state index contributed by atoms with van der Waals surface area (Å²) >= 11 is 0. The van der Waals surface area contributed by atoms with Gasteiger partial charge in [-0.05, 0) is 89.9 Å². The number of carbonyl (C=O) groups excluding carboxylic acids is 2. The molecule has 0 aromatic rings. The molecule has 0 radical (unpaired) electrons. The predicted octanol–water partition coefficient (Wildman–Crippen LogP) is 16.2. The van der Waals surface area contributed by atoms with Crippen LogP contribution in [0, 0.1) is 0 Å². The Kier molecular flexibility index (Phi) is 47.8. The quantitative estimate of drug-likeness (QED) is 0.0195. The molecule has 0 aliphatic carbocycles. The summed E-state index contributed by atoms with van der Waals surface area (Å²) in [5.74, 6) is -0.892. The summed E-state index contributed by atoms with van der Waals surface area (Å²) in [6, 6.07) is 0. The van der Waals surface area contributed by atoms with E-state index in [-0.39, 0.29) is 26.1 Å².